The molecule has 0 heterocycles. The molecule has 0 bridgehead atoms. The molecule has 0 fully saturated rings. The summed E-state index contributed by atoms with van der Waals surface area (Å²) in [7, 11) is 1.52. The number of likely N-dealkylation sites (N-methyl/N-ethyl adjacent to an activating group) is 1. The molecule has 37 heavy (non-hydrogen) atoms. The first kappa shape index (κ1) is 30.3. The maximum Gasteiger partial charge on any atom is 0.326 e. The van der Waals surface area contributed by atoms with Crippen LogP contribution in [0.4, 0.5) is 0 Å². The SMILES string of the molecule is CCC(CC)(c1ccc(/C=C/C(C)(O)C(C)(C)C)c(C)c1)c1ccc(C(=O)N(C)C(C)C(=O)O)c(C)c1. The average molecular weight is 508 g/mol. The van der Waals surface area contributed by atoms with Gasteiger partial charge in [-0.1, -0.05) is 77.1 Å². The zero-order chi connectivity index (χ0) is 28.3. The molecule has 202 valence electrons. The largest absolute Gasteiger partial charge is 0.480 e. The lowest BCUT2D eigenvalue weighted by atomic mass is 9.69. The maximum atomic E-state index is 13.0. The molecule has 2 rings (SSSR count). The van der Waals surface area contributed by atoms with Crippen LogP contribution in [-0.4, -0.2) is 45.7 Å². The molecule has 0 aliphatic rings. The summed E-state index contributed by atoms with van der Waals surface area (Å²) in [5.74, 6) is -1.33. The van der Waals surface area contributed by atoms with Crippen LogP contribution in [0.2, 0.25) is 0 Å². The van der Waals surface area contributed by atoms with Gasteiger partial charge >= 0.3 is 5.97 Å². The number of amides is 1. The number of hydrogen-bond donors (Lipinski definition) is 2. The Labute approximate surface area is 223 Å². The maximum absolute atomic E-state index is 13.0. The molecule has 0 spiro atoms. The van der Waals surface area contributed by atoms with Crippen LogP contribution >= 0.6 is 0 Å². The fraction of sp³-hybridized carbons (Fsp3) is 0.500. The summed E-state index contributed by atoms with van der Waals surface area (Å²) < 4.78 is 0. The van der Waals surface area contributed by atoms with E-state index in [1.54, 1.807) is 0 Å². The molecule has 0 aliphatic carbocycles. The molecule has 2 aromatic carbocycles. The third kappa shape index (κ3) is 6.15. The Balaban J connectivity index is 2.49. The Morgan fingerprint density at radius 2 is 1.46 bits per heavy atom. The van der Waals surface area contributed by atoms with Crippen LogP contribution in [0.25, 0.3) is 6.08 Å². The first-order valence-electron chi connectivity index (χ1n) is 13.2. The molecule has 1 amide bonds. The van der Waals surface area contributed by atoms with Gasteiger partial charge in [0.2, 0.25) is 0 Å². The summed E-state index contributed by atoms with van der Waals surface area (Å²) in [6.07, 6.45) is 5.66. The van der Waals surface area contributed by atoms with Gasteiger partial charge in [0.25, 0.3) is 5.91 Å². The minimum Gasteiger partial charge on any atom is -0.480 e. The van der Waals surface area contributed by atoms with E-state index in [1.165, 1.54) is 24.4 Å². The fourth-order valence-corrected chi connectivity index (χ4v) is 4.63. The smallest absolute Gasteiger partial charge is 0.326 e. The molecule has 5 nitrogen and oxygen atoms in total. The number of carbonyl (C=O) groups excluding carboxylic acids is 1. The third-order valence-corrected chi connectivity index (χ3v) is 8.40. The van der Waals surface area contributed by atoms with Crippen molar-refractivity contribution in [1.29, 1.82) is 0 Å². The highest BCUT2D eigenvalue weighted by molar-refractivity contribution is 5.97. The van der Waals surface area contributed by atoms with Gasteiger partial charge in [-0.25, -0.2) is 4.79 Å². The van der Waals surface area contributed by atoms with Crippen LogP contribution in [0.15, 0.2) is 42.5 Å². The second kappa shape index (κ2) is 11.2. The van der Waals surface area contributed by atoms with Crippen molar-refractivity contribution in [3.05, 3.63) is 75.9 Å². The Hall–Kier alpha value is -2.92. The van der Waals surface area contributed by atoms with E-state index in [9.17, 15) is 19.8 Å². The summed E-state index contributed by atoms with van der Waals surface area (Å²) in [6.45, 7) is 17.8. The lowest BCUT2D eigenvalue weighted by molar-refractivity contribution is -0.141. The minimum absolute atomic E-state index is 0.226. The van der Waals surface area contributed by atoms with Gasteiger partial charge in [0.05, 0.1) is 5.60 Å². The van der Waals surface area contributed by atoms with Gasteiger partial charge in [0.15, 0.2) is 0 Å². The Morgan fingerprint density at radius 1 is 0.946 bits per heavy atom. The first-order chi connectivity index (χ1) is 17.0. The summed E-state index contributed by atoms with van der Waals surface area (Å²) in [6, 6.07) is 11.5. The molecule has 0 radical (unpaired) electrons. The van der Waals surface area contributed by atoms with E-state index in [-0.39, 0.29) is 16.7 Å². The molecule has 2 atom stereocenters. The number of aliphatic hydroxyl groups is 1. The zero-order valence-electron chi connectivity index (χ0n) is 24.3. The summed E-state index contributed by atoms with van der Waals surface area (Å²) in [4.78, 5) is 25.6. The normalized spacial score (nSPS) is 14.9. The van der Waals surface area contributed by atoms with Crippen molar-refractivity contribution in [2.75, 3.05) is 7.05 Å². The first-order valence-corrected chi connectivity index (χ1v) is 13.2. The molecule has 0 saturated carbocycles. The van der Waals surface area contributed by atoms with Gasteiger partial charge in [-0.2, -0.15) is 0 Å². The van der Waals surface area contributed by atoms with Gasteiger partial charge in [-0.05, 0) is 79.8 Å². The Bertz CT molecular complexity index is 1170. The summed E-state index contributed by atoms with van der Waals surface area (Å²) in [5.41, 5.74) is 4.48. The molecule has 0 saturated heterocycles. The molecule has 2 N–H and O–H groups in total. The van der Waals surface area contributed by atoms with E-state index >= 15 is 0 Å². The van der Waals surface area contributed by atoms with E-state index < -0.39 is 17.6 Å². The van der Waals surface area contributed by atoms with E-state index in [4.69, 9.17) is 0 Å². The van der Waals surface area contributed by atoms with Gasteiger partial charge < -0.3 is 15.1 Å². The van der Waals surface area contributed by atoms with Gasteiger partial charge in [0, 0.05) is 18.0 Å². The standard InChI is InChI=1S/C32H45NO4/c1-11-32(12-2,25-14-13-24(21(3)19-25)17-18-31(9,37)30(6,7)8)26-15-16-27(22(4)20-26)28(34)33(10)23(5)29(35)36/h13-20,23,37H,11-12H2,1-10H3,(H,35,36)/b18-17+. The number of aliphatic carboxylic acids is 1. The van der Waals surface area contributed by atoms with Crippen molar-refractivity contribution < 1.29 is 19.8 Å². The number of benzene rings is 2. The highest BCUT2D eigenvalue weighted by Gasteiger charge is 2.34. The number of aryl methyl sites for hydroxylation is 2. The van der Waals surface area contributed by atoms with Crippen LogP contribution < -0.4 is 0 Å². The summed E-state index contributed by atoms with van der Waals surface area (Å²) >= 11 is 0. The number of rotatable bonds is 9. The highest BCUT2D eigenvalue weighted by atomic mass is 16.4. The van der Waals surface area contributed by atoms with Crippen LogP contribution in [0.5, 0.6) is 0 Å². The Morgan fingerprint density at radius 3 is 1.89 bits per heavy atom. The fourth-order valence-electron chi connectivity index (χ4n) is 4.63. The monoisotopic (exact) mass is 507 g/mol. The van der Waals surface area contributed by atoms with Gasteiger partial charge in [0.1, 0.15) is 6.04 Å². The molecule has 2 unspecified atom stereocenters. The number of hydrogen-bond acceptors (Lipinski definition) is 3. The lowest BCUT2D eigenvalue weighted by Crippen LogP contribution is -2.40. The number of carbonyl (C=O) groups is 2. The van der Waals surface area contributed by atoms with Crippen LogP contribution in [0, 0.1) is 19.3 Å². The number of carboxylic acid groups (broad SMARTS) is 1. The number of nitrogens with zero attached hydrogens (tertiary/aromatic N) is 1. The molecule has 5 heteroatoms. The average Bonchev–Trinajstić information content (AvgIpc) is 2.82. The molecule has 0 aliphatic heterocycles. The minimum atomic E-state index is -1.03. The van der Waals surface area contributed by atoms with Gasteiger partial charge in [-0.3, -0.25) is 4.79 Å². The quantitative estimate of drug-likeness (QED) is 0.393. The van der Waals surface area contributed by atoms with Crippen molar-refractivity contribution in [3.63, 3.8) is 0 Å². The van der Waals surface area contributed by atoms with Crippen LogP contribution in [0.3, 0.4) is 0 Å². The highest BCUT2D eigenvalue weighted by Crippen LogP contribution is 2.40. The van der Waals surface area contributed by atoms with E-state index in [1.807, 2.05) is 58.9 Å². The van der Waals surface area contributed by atoms with E-state index in [0.717, 1.165) is 35.1 Å². The predicted octanol–water partition coefficient (Wildman–Crippen LogP) is 6.76. The van der Waals surface area contributed by atoms with Crippen molar-refractivity contribution in [3.8, 4) is 0 Å². The second-order valence-corrected chi connectivity index (χ2v) is 11.6. The van der Waals surface area contributed by atoms with Crippen molar-refractivity contribution >= 4 is 18.0 Å². The van der Waals surface area contributed by atoms with Crippen molar-refractivity contribution in [2.24, 2.45) is 5.41 Å². The lowest BCUT2D eigenvalue weighted by Gasteiger charge is -2.35. The second-order valence-electron chi connectivity index (χ2n) is 11.6. The Kier molecular flexibility index (Phi) is 9.19. The molecular weight excluding hydrogens is 462 g/mol. The van der Waals surface area contributed by atoms with Crippen molar-refractivity contribution in [1.82, 2.24) is 4.90 Å². The zero-order valence-corrected chi connectivity index (χ0v) is 24.3. The number of carboxylic acids is 1. The molecule has 2 aromatic rings. The predicted molar refractivity (Wildman–Crippen MR) is 152 cm³/mol. The van der Waals surface area contributed by atoms with Crippen molar-refractivity contribution in [2.45, 2.75) is 92.2 Å². The van der Waals surface area contributed by atoms with Crippen LogP contribution in [0.1, 0.15) is 99.5 Å². The van der Waals surface area contributed by atoms with E-state index in [0.29, 0.717) is 5.56 Å². The van der Waals surface area contributed by atoms with E-state index in [2.05, 4.69) is 45.0 Å². The summed E-state index contributed by atoms with van der Waals surface area (Å²) in [5, 5.41) is 20.1. The molecule has 0 aromatic heterocycles. The molecular formula is C32H45NO4. The van der Waals surface area contributed by atoms with Gasteiger partial charge in [-0.15, -0.1) is 0 Å². The third-order valence-electron chi connectivity index (χ3n) is 8.40. The van der Waals surface area contributed by atoms with Crippen LogP contribution in [-0.2, 0) is 10.2 Å². The topological polar surface area (TPSA) is 77.8 Å².